The molecule has 26 heavy (non-hydrogen) atoms. The summed E-state index contributed by atoms with van der Waals surface area (Å²) >= 11 is 12.0. The Labute approximate surface area is 162 Å². The molecular weight excluding hydrogens is 369 g/mol. The molecule has 0 unspecified atom stereocenters. The summed E-state index contributed by atoms with van der Waals surface area (Å²) in [5, 5.41) is 3.90. The number of imidazole rings is 1. The fourth-order valence-corrected chi connectivity index (χ4v) is 2.98. The maximum Gasteiger partial charge on any atom is 0.248 e. The summed E-state index contributed by atoms with van der Waals surface area (Å²) < 4.78 is 2.00. The van der Waals surface area contributed by atoms with Crippen molar-refractivity contribution in [3.05, 3.63) is 76.2 Å². The van der Waals surface area contributed by atoms with Crippen molar-refractivity contribution in [2.45, 2.75) is 6.92 Å². The van der Waals surface area contributed by atoms with E-state index in [1.807, 2.05) is 49.0 Å². The minimum absolute atomic E-state index is 0.241. The molecule has 0 fully saturated rings. The minimum Gasteiger partial charge on any atom is -0.331 e. The minimum atomic E-state index is -0.241. The van der Waals surface area contributed by atoms with Gasteiger partial charge in [-0.15, -0.1) is 0 Å². The summed E-state index contributed by atoms with van der Waals surface area (Å²) in [6.45, 7) is 1.95. The first-order valence-corrected chi connectivity index (χ1v) is 8.72. The molecule has 0 aliphatic carbocycles. The van der Waals surface area contributed by atoms with Gasteiger partial charge >= 0.3 is 0 Å². The molecule has 0 atom stereocenters. The zero-order valence-corrected chi connectivity index (χ0v) is 15.8. The predicted molar refractivity (Wildman–Crippen MR) is 108 cm³/mol. The van der Waals surface area contributed by atoms with Gasteiger partial charge in [-0.2, -0.15) is 0 Å². The summed E-state index contributed by atoms with van der Waals surface area (Å²) in [6.07, 6.45) is 4.91. The maximum absolute atomic E-state index is 12.2. The number of rotatable bonds is 4. The van der Waals surface area contributed by atoms with Crippen LogP contribution in [-0.2, 0) is 11.8 Å². The first-order chi connectivity index (χ1) is 12.4. The number of aryl methyl sites for hydroxylation is 1. The quantitative estimate of drug-likeness (QED) is 0.614. The Kier molecular flexibility index (Phi) is 5.45. The van der Waals surface area contributed by atoms with Gasteiger partial charge in [0.25, 0.3) is 0 Å². The van der Waals surface area contributed by atoms with Gasteiger partial charge in [-0.25, -0.2) is 4.98 Å². The number of anilines is 1. The van der Waals surface area contributed by atoms with Crippen molar-refractivity contribution >= 4 is 40.9 Å². The Hall–Kier alpha value is -2.56. The molecule has 4 nitrogen and oxygen atoms in total. The molecule has 0 bridgehead atoms. The van der Waals surface area contributed by atoms with E-state index in [4.69, 9.17) is 23.2 Å². The van der Waals surface area contributed by atoms with Crippen LogP contribution in [0.15, 0.2) is 54.7 Å². The number of carbonyl (C=O) groups is 1. The average molecular weight is 386 g/mol. The third kappa shape index (κ3) is 4.15. The van der Waals surface area contributed by atoms with Crippen LogP contribution in [0, 0.1) is 6.92 Å². The Bertz CT molecular complexity index is 992. The smallest absolute Gasteiger partial charge is 0.248 e. The predicted octanol–water partition coefficient (Wildman–Crippen LogP) is 5.35. The fraction of sp³-hybridized carbons (Fsp3) is 0.100. The number of hydrogen-bond acceptors (Lipinski definition) is 2. The van der Waals surface area contributed by atoms with Gasteiger partial charge in [-0.05, 0) is 42.8 Å². The van der Waals surface area contributed by atoms with E-state index in [1.54, 1.807) is 24.3 Å². The molecule has 0 aliphatic heterocycles. The van der Waals surface area contributed by atoms with Gasteiger partial charge in [0.05, 0.1) is 11.9 Å². The first-order valence-electron chi connectivity index (χ1n) is 7.97. The number of nitrogens with zero attached hydrogens (tertiary/aromatic N) is 2. The average Bonchev–Trinajstić information content (AvgIpc) is 2.93. The molecule has 0 saturated carbocycles. The van der Waals surface area contributed by atoms with E-state index in [-0.39, 0.29) is 5.91 Å². The molecule has 6 heteroatoms. The van der Waals surface area contributed by atoms with Gasteiger partial charge < -0.3 is 9.88 Å². The highest BCUT2D eigenvalue weighted by molar-refractivity contribution is 6.35. The highest BCUT2D eigenvalue weighted by Gasteiger charge is 2.07. The van der Waals surface area contributed by atoms with Gasteiger partial charge in [0.1, 0.15) is 5.82 Å². The lowest BCUT2D eigenvalue weighted by Gasteiger charge is -2.07. The van der Waals surface area contributed by atoms with Crippen LogP contribution in [0.5, 0.6) is 0 Å². The second-order valence-electron chi connectivity index (χ2n) is 5.82. The normalized spacial score (nSPS) is 11.1. The SMILES string of the molecule is Cc1ncc(-c2cccc(NC(=O)C=Cc3ccc(Cl)cc3Cl)c2)n1C. The number of aromatic nitrogens is 2. The number of benzene rings is 2. The highest BCUT2D eigenvalue weighted by Crippen LogP contribution is 2.24. The van der Waals surface area contributed by atoms with Gasteiger partial charge in [-0.3, -0.25) is 4.79 Å². The molecule has 3 rings (SSSR count). The standard InChI is InChI=1S/C20H17Cl2N3O/c1-13-23-12-19(25(13)2)15-4-3-5-17(10-15)24-20(26)9-7-14-6-8-16(21)11-18(14)22/h3-12H,1-2H3,(H,24,26). The lowest BCUT2D eigenvalue weighted by molar-refractivity contribution is -0.111. The van der Waals surface area contributed by atoms with Crippen molar-refractivity contribution in [1.82, 2.24) is 9.55 Å². The maximum atomic E-state index is 12.2. The second-order valence-corrected chi connectivity index (χ2v) is 6.66. The number of nitrogens with one attached hydrogen (secondary N) is 1. The topological polar surface area (TPSA) is 46.9 Å². The molecule has 0 spiro atoms. The Balaban J connectivity index is 1.74. The van der Waals surface area contributed by atoms with Crippen molar-refractivity contribution in [3.8, 4) is 11.3 Å². The number of hydrogen-bond donors (Lipinski definition) is 1. The van der Waals surface area contributed by atoms with E-state index >= 15 is 0 Å². The third-order valence-electron chi connectivity index (χ3n) is 4.02. The molecule has 0 radical (unpaired) electrons. The highest BCUT2D eigenvalue weighted by atomic mass is 35.5. The van der Waals surface area contributed by atoms with Crippen LogP contribution < -0.4 is 5.32 Å². The van der Waals surface area contributed by atoms with Crippen molar-refractivity contribution in [2.24, 2.45) is 7.05 Å². The summed E-state index contributed by atoms with van der Waals surface area (Å²) in [5.74, 6) is 0.687. The summed E-state index contributed by atoms with van der Waals surface area (Å²) in [4.78, 5) is 16.5. The zero-order chi connectivity index (χ0) is 18.7. The van der Waals surface area contributed by atoms with Crippen molar-refractivity contribution < 1.29 is 4.79 Å². The Morgan fingerprint density at radius 2 is 2.00 bits per heavy atom. The number of amides is 1. The molecule has 1 aromatic heterocycles. The molecule has 1 N–H and O–H groups in total. The monoisotopic (exact) mass is 385 g/mol. The largest absolute Gasteiger partial charge is 0.331 e. The Morgan fingerprint density at radius 3 is 2.69 bits per heavy atom. The summed E-state index contributed by atoms with van der Waals surface area (Å²) in [6, 6.07) is 12.8. The molecule has 1 amide bonds. The van der Waals surface area contributed by atoms with E-state index in [1.165, 1.54) is 6.08 Å². The zero-order valence-electron chi connectivity index (χ0n) is 14.3. The summed E-state index contributed by atoms with van der Waals surface area (Å²) in [7, 11) is 1.96. The van der Waals surface area contributed by atoms with Gasteiger partial charge in [0.15, 0.2) is 0 Å². The molecular formula is C20H17Cl2N3O. The van der Waals surface area contributed by atoms with E-state index in [2.05, 4.69) is 10.3 Å². The summed E-state index contributed by atoms with van der Waals surface area (Å²) in [5.41, 5.74) is 3.40. The van der Waals surface area contributed by atoms with Crippen molar-refractivity contribution in [1.29, 1.82) is 0 Å². The van der Waals surface area contributed by atoms with Crippen LogP contribution in [0.3, 0.4) is 0 Å². The van der Waals surface area contributed by atoms with E-state index in [9.17, 15) is 4.79 Å². The van der Waals surface area contributed by atoms with E-state index < -0.39 is 0 Å². The molecule has 1 heterocycles. The lowest BCUT2D eigenvalue weighted by atomic mass is 10.1. The molecule has 2 aromatic carbocycles. The van der Waals surface area contributed by atoms with Crippen LogP contribution in [0.4, 0.5) is 5.69 Å². The lowest BCUT2D eigenvalue weighted by Crippen LogP contribution is -2.07. The molecule has 0 aliphatic rings. The molecule has 3 aromatic rings. The third-order valence-corrected chi connectivity index (χ3v) is 4.59. The number of halogens is 2. The molecule has 132 valence electrons. The first kappa shape index (κ1) is 18.2. The van der Waals surface area contributed by atoms with Crippen LogP contribution in [0.1, 0.15) is 11.4 Å². The van der Waals surface area contributed by atoms with Crippen molar-refractivity contribution in [2.75, 3.05) is 5.32 Å². The van der Waals surface area contributed by atoms with Crippen LogP contribution in [0.2, 0.25) is 10.0 Å². The van der Waals surface area contributed by atoms with Gasteiger partial charge in [0, 0.05) is 34.4 Å². The second kappa shape index (κ2) is 7.77. The fourth-order valence-electron chi connectivity index (χ4n) is 2.51. The van der Waals surface area contributed by atoms with Gasteiger partial charge in [0.2, 0.25) is 5.91 Å². The van der Waals surface area contributed by atoms with Crippen molar-refractivity contribution in [3.63, 3.8) is 0 Å². The van der Waals surface area contributed by atoms with E-state index in [0.717, 1.165) is 22.6 Å². The number of carbonyl (C=O) groups excluding carboxylic acids is 1. The van der Waals surface area contributed by atoms with Gasteiger partial charge in [-0.1, -0.05) is 41.4 Å². The Morgan fingerprint density at radius 1 is 1.19 bits per heavy atom. The molecule has 0 saturated heterocycles. The van der Waals surface area contributed by atoms with Crippen LogP contribution in [0.25, 0.3) is 17.3 Å². The van der Waals surface area contributed by atoms with Crippen LogP contribution >= 0.6 is 23.2 Å². The van der Waals surface area contributed by atoms with Crippen LogP contribution in [-0.4, -0.2) is 15.5 Å². The van der Waals surface area contributed by atoms with E-state index in [0.29, 0.717) is 15.7 Å².